The van der Waals surface area contributed by atoms with E-state index in [0.717, 1.165) is 18.5 Å². The van der Waals surface area contributed by atoms with Crippen LogP contribution in [0.25, 0.3) is 0 Å². The predicted octanol–water partition coefficient (Wildman–Crippen LogP) is 4.70. The lowest BCUT2D eigenvalue weighted by molar-refractivity contribution is 0.0954. The van der Waals surface area contributed by atoms with Crippen molar-refractivity contribution < 1.29 is 9.18 Å². The fourth-order valence-electron chi connectivity index (χ4n) is 4.05. The van der Waals surface area contributed by atoms with Gasteiger partial charge in [-0.25, -0.2) is 9.82 Å². The van der Waals surface area contributed by atoms with E-state index < -0.39 is 11.7 Å². The number of anilines is 1. The van der Waals surface area contributed by atoms with Crippen molar-refractivity contribution in [3.63, 3.8) is 0 Å². The van der Waals surface area contributed by atoms with Gasteiger partial charge in [0.25, 0.3) is 5.91 Å². The summed E-state index contributed by atoms with van der Waals surface area (Å²) in [6.45, 7) is 9.96. The summed E-state index contributed by atoms with van der Waals surface area (Å²) in [5, 5.41) is 4.03. The Morgan fingerprint density at radius 1 is 1.33 bits per heavy atom. The molecule has 0 saturated carbocycles. The van der Waals surface area contributed by atoms with Gasteiger partial charge in [-0.1, -0.05) is 19.1 Å². The SMILES string of the molecule is CCN1c2ccc(/C=N\NC(=O)c3cccc(F)c3)cc2[C@H](C)CC1(C)C. The Hall–Kier alpha value is -2.69. The van der Waals surface area contributed by atoms with Gasteiger partial charge in [-0.3, -0.25) is 4.79 Å². The van der Waals surface area contributed by atoms with Crippen LogP contribution in [0.2, 0.25) is 0 Å². The van der Waals surface area contributed by atoms with Gasteiger partial charge in [0, 0.05) is 23.3 Å². The van der Waals surface area contributed by atoms with Crippen LogP contribution in [0.1, 0.15) is 61.5 Å². The summed E-state index contributed by atoms with van der Waals surface area (Å²) in [4.78, 5) is 14.5. The van der Waals surface area contributed by atoms with E-state index in [1.165, 1.54) is 29.4 Å². The number of carbonyl (C=O) groups excluding carboxylic acids is 1. The number of nitrogens with zero attached hydrogens (tertiary/aromatic N) is 2. The third-order valence-electron chi connectivity index (χ3n) is 5.19. The number of rotatable bonds is 4. The highest BCUT2D eigenvalue weighted by Crippen LogP contribution is 2.43. The Bertz CT molecular complexity index is 876. The van der Waals surface area contributed by atoms with Gasteiger partial charge >= 0.3 is 0 Å². The van der Waals surface area contributed by atoms with Crippen LogP contribution in [0.4, 0.5) is 10.1 Å². The largest absolute Gasteiger partial charge is 0.366 e. The molecule has 1 aliphatic heterocycles. The Kier molecular flexibility index (Phi) is 5.31. The van der Waals surface area contributed by atoms with E-state index in [9.17, 15) is 9.18 Å². The second-order valence-corrected chi connectivity index (χ2v) is 7.69. The van der Waals surface area contributed by atoms with Crippen LogP contribution < -0.4 is 10.3 Å². The first-order chi connectivity index (χ1) is 12.8. The molecule has 1 amide bonds. The first-order valence-corrected chi connectivity index (χ1v) is 9.32. The second kappa shape index (κ2) is 7.51. The van der Waals surface area contributed by atoms with E-state index in [4.69, 9.17) is 0 Å². The zero-order chi connectivity index (χ0) is 19.6. The van der Waals surface area contributed by atoms with Crippen molar-refractivity contribution in [1.29, 1.82) is 0 Å². The average molecular weight is 367 g/mol. The van der Waals surface area contributed by atoms with Gasteiger partial charge in [0.1, 0.15) is 5.82 Å². The molecule has 0 fully saturated rings. The maximum absolute atomic E-state index is 13.2. The number of hydrogen-bond donors (Lipinski definition) is 1. The molecule has 142 valence electrons. The predicted molar refractivity (Wildman–Crippen MR) is 108 cm³/mol. The number of benzene rings is 2. The van der Waals surface area contributed by atoms with Gasteiger partial charge in [0.15, 0.2) is 0 Å². The zero-order valence-corrected chi connectivity index (χ0v) is 16.3. The highest BCUT2D eigenvalue weighted by atomic mass is 19.1. The topological polar surface area (TPSA) is 44.7 Å². The number of hydrogen-bond acceptors (Lipinski definition) is 3. The molecular weight excluding hydrogens is 341 g/mol. The smallest absolute Gasteiger partial charge is 0.271 e. The Balaban J connectivity index is 1.76. The van der Waals surface area contributed by atoms with Crippen molar-refractivity contribution in [3.05, 3.63) is 65.0 Å². The molecule has 0 spiro atoms. The number of amides is 1. The van der Waals surface area contributed by atoms with E-state index in [1.807, 2.05) is 6.07 Å². The number of halogens is 1. The fourth-order valence-corrected chi connectivity index (χ4v) is 4.05. The third kappa shape index (κ3) is 4.02. The van der Waals surface area contributed by atoms with E-state index in [1.54, 1.807) is 12.3 Å². The van der Waals surface area contributed by atoms with Crippen LogP contribution in [0.3, 0.4) is 0 Å². The maximum atomic E-state index is 13.2. The maximum Gasteiger partial charge on any atom is 0.271 e. The van der Waals surface area contributed by atoms with E-state index >= 15 is 0 Å². The molecule has 5 heteroatoms. The fraction of sp³-hybridized carbons (Fsp3) is 0.364. The number of fused-ring (bicyclic) bond motifs is 1. The zero-order valence-electron chi connectivity index (χ0n) is 16.3. The lowest BCUT2D eigenvalue weighted by Crippen LogP contribution is -2.48. The molecule has 0 bridgehead atoms. The van der Waals surface area contributed by atoms with Crippen molar-refractivity contribution in [3.8, 4) is 0 Å². The molecule has 0 saturated heterocycles. The first kappa shape index (κ1) is 19.1. The molecule has 27 heavy (non-hydrogen) atoms. The number of carbonyl (C=O) groups is 1. The van der Waals surface area contributed by atoms with Crippen molar-refractivity contribution in [1.82, 2.24) is 5.43 Å². The summed E-state index contributed by atoms with van der Waals surface area (Å²) in [5.74, 6) is -0.428. The lowest BCUT2D eigenvalue weighted by Gasteiger charge is -2.47. The number of hydrazone groups is 1. The highest BCUT2D eigenvalue weighted by Gasteiger charge is 2.35. The number of nitrogens with one attached hydrogen (secondary N) is 1. The molecule has 2 aromatic rings. The molecule has 1 heterocycles. The molecule has 0 radical (unpaired) electrons. The Morgan fingerprint density at radius 3 is 2.81 bits per heavy atom. The quantitative estimate of drug-likeness (QED) is 0.629. The summed E-state index contributed by atoms with van der Waals surface area (Å²) in [5.41, 5.74) is 6.32. The molecule has 2 aromatic carbocycles. The minimum atomic E-state index is -0.446. The molecule has 0 aliphatic carbocycles. The third-order valence-corrected chi connectivity index (χ3v) is 5.19. The Labute approximate surface area is 160 Å². The van der Waals surface area contributed by atoms with E-state index in [0.29, 0.717) is 5.92 Å². The second-order valence-electron chi connectivity index (χ2n) is 7.69. The standard InChI is InChI=1S/C22H26FN3O/c1-5-26-20-10-9-16(11-19(20)15(2)13-22(26,3)4)14-24-25-21(27)17-7-6-8-18(23)12-17/h6-12,14-15H,5,13H2,1-4H3,(H,25,27)/b24-14-/t15-/m1/s1. The van der Waals surface area contributed by atoms with Crippen LogP contribution in [-0.4, -0.2) is 24.2 Å². The molecule has 4 nitrogen and oxygen atoms in total. The van der Waals surface area contributed by atoms with Crippen LogP contribution >= 0.6 is 0 Å². The highest BCUT2D eigenvalue weighted by molar-refractivity contribution is 5.94. The molecule has 1 atom stereocenters. The summed E-state index contributed by atoms with van der Waals surface area (Å²) in [6, 6.07) is 11.8. The molecule has 1 N–H and O–H groups in total. The minimum absolute atomic E-state index is 0.135. The van der Waals surface area contributed by atoms with E-state index in [-0.39, 0.29) is 11.1 Å². The monoisotopic (exact) mass is 367 g/mol. The molecule has 0 unspecified atom stereocenters. The van der Waals surface area contributed by atoms with Crippen LogP contribution in [0, 0.1) is 5.82 Å². The summed E-state index contributed by atoms with van der Waals surface area (Å²) in [7, 11) is 0. The summed E-state index contributed by atoms with van der Waals surface area (Å²) in [6.07, 6.45) is 2.71. The summed E-state index contributed by atoms with van der Waals surface area (Å²) < 4.78 is 13.2. The molecule has 0 aromatic heterocycles. The van der Waals surface area contributed by atoms with Gasteiger partial charge in [-0.15, -0.1) is 0 Å². The van der Waals surface area contributed by atoms with Crippen molar-refractivity contribution in [2.45, 2.75) is 45.6 Å². The van der Waals surface area contributed by atoms with E-state index in [2.05, 4.69) is 55.3 Å². The van der Waals surface area contributed by atoms with Crippen molar-refractivity contribution >= 4 is 17.8 Å². The van der Waals surface area contributed by atoms with Crippen LogP contribution in [-0.2, 0) is 0 Å². The average Bonchev–Trinajstić information content (AvgIpc) is 2.61. The molecule has 3 rings (SSSR count). The van der Waals surface area contributed by atoms with Crippen LogP contribution in [0.5, 0.6) is 0 Å². The molecule has 1 aliphatic rings. The first-order valence-electron chi connectivity index (χ1n) is 9.32. The normalized spacial score (nSPS) is 18.4. The van der Waals surface area contributed by atoms with Gasteiger partial charge in [0.2, 0.25) is 0 Å². The van der Waals surface area contributed by atoms with Gasteiger partial charge in [-0.2, -0.15) is 5.10 Å². The summed E-state index contributed by atoms with van der Waals surface area (Å²) >= 11 is 0. The lowest BCUT2D eigenvalue weighted by atomic mass is 9.79. The van der Waals surface area contributed by atoms with Crippen molar-refractivity contribution in [2.24, 2.45) is 5.10 Å². The Morgan fingerprint density at radius 2 is 2.11 bits per heavy atom. The van der Waals surface area contributed by atoms with Crippen molar-refractivity contribution in [2.75, 3.05) is 11.4 Å². The van der Waals surface area contributed by atoms with Gasteiger partial charge in [0.05, 0.1) is 6.21 Å². The van der Waals surface area contributed by atoms with Crippen LogP contribution in [0.15, 0.2) is 47.6 Å². The minimum Gasteiger partial charge on any atom is -0.366 e. The molecular formula is C22H26FN3O. The van der Waals surface area contributed by atoms with Gasteiger partial charge < -0.3 is 4.90 Å². The van der Waals surface area contributed by atoms with Gasteiger partial charge in [-0.05, 0) is 74.6 Å².